The van der Waals surface area contributed by atoms with Gasteiger partial charge in [0.25, 0.3) is 0 Å². The lowest BCUT2D eigenvalue weighted by atomic mass is 9.92. The summed E-state index contributed by atoms with van der Waals surface area (Å²) < 4.78 is 2.16. The highest BCUT2D eigenvalue weighted by Gasteiger charge is 2.17. The van der Waals surface area contributed by atoms with Gasteiger partial charge in [-0.3, -0.25) is 4.98 Å². The summed E-state index contributed by atoms with van der Waals surface area (Å²) in [6.45, 7) is 0.595. The third-order valence-electron chi connectivity index (χ3n) is 3.65. The third-order valence-corrected chi connectivity index (χ3v) is 3.65. The Hall–Kier alpha value is -2.13. The summed E-state index contributed by atoms with van der Waals surface area (Å²) in [6, 6.07) is 12.5. The summed E-state index contributed by atoms with van der Waals surface area (Å²) in [5.41, 5.74) is 9.75. The molecule has 0 aliphatic rings. The first-order valence-corrected chi connectivity index (χ1v) is 6.45. The molecule has 1 aromatic carbocycles. The maximum absolute atomic E-state index is 6.01. The number of hydrogen-bond acceptors (Lipinski definition) is 2. The molecule has 19 heavy (non-hydrogen) atoms. The molecule has 0 radical (unpaired) electrons. The van der Waals surface area contributed by atoms with Gasteiger partial charge in [0.1, 0.15) is 0 Å². The van der Waals surface area contributed by atoms with Crippen LogP contribution in [0.5, 0.6) is 0 Å². The first-order valence-electron chi connectivity index (χ1n) is 6.45. The molecule has 0 saturated carbocycles. The minimum atomic E-state index is 0.217. The fraction of sp³-hybridized carbons (Fsp3) is 0.188. The molecule has 2 aromatic heterocycles. The predicted molar refractivity (Wildman–Crippen MR) is 78.1 cm³/mol. The van der Waals surface area contributed by atoms with E-state index in [4.69, 9.17) is 5.73 Å². The third kappa shape index (κ3) is 2.02. The van der Waals surface area contributed by atoms with Crippen molar-refractivity contribution < 1.29 is 0 Å². The summed E-state index contributed by atoms with van der Waals surface area (Å²) in [4.78, 5) is 4.08. The average molecular weight is 251 g/mol. The second-order valence-corrected chi connectivity index (χ2v) is 4.78. The largest absolute Gasteiger partial charge is 0.350 e. The second-order valence-electron chi connectivity index (χ2n) is 4.78. The predicted octanol–water partition coefficient (Wildman–Crippen LogP) is 2.66. The van der Waals surface area contributed by atoms with E-state index in [1.54, 1.807) is 0 Å². The van der Waals surface area contributed by atoms with E-state index in [0.29, 0.717) is 6.54 Å². The van der Waals surface area contributed by atoms with Crippen molar-refractivity contribution in [2.75, 3.05) is 6.54 Å². The lowest BCUT2D eigenvalue weighted by Crippen LogP contribution is -2.13. The van der Waals surface area contributed by atoms with Crippen LogP contribution in [0.25, 0.3) is 10.9 Å². The molecular formula is C16H17N3. The van der Waals surface area contributed by atoms with Crippen molar-refractivity contribution in [1.29, 1.82) is 0 Å². The van der Waals surface area contributed by atoms with E-state index in [9.17, 15) is 0 Å². The van der Waals surface area contributed by atoms with Crippen molar-refractivity contribution in [2.45, 2.75) is 5.92 Å². The van der Waals surface area contributed by atoms with Crippen molar-refractivity contribution in [1.82, 2.24) is 9.55 Å². The van der Waals surface area contributed by atoms with Crippen molar-refractivity contribution in [3.8, 4) is 0 Å². The molecule has 3 heteroatoms. The van der Waals surface area contributed by atoms with E-state index in [1.165, 1.54) is 22.0 Å². The lowest BCUT2D eigenvalue weighted by molar-refractivity contribution is 0.814. The van der Waals surface area contributed by atoms with Gasteiger partial charge in [0.15, 0.2) is 0 Å². The molecule has 3 rings (SSSR count). The molecule has 1 atom stereocenters. The average Bonchev–Trinajstić information content (AvgIpc) is 2.79. The topological polar surface area (TPSA) is 43.8 Å². The number of benzene rings is 1. The molecule has 0 fully saturated rings. The Bertz CT molecular complexity index is 686. The molecule has 96 valence electrons. The van der Waals surface area contributed by atoms with E-state index in [2.05, 4.69) is 47.1 Å². The quantitative estimate of drug-likeness (QED) is 0.777. The molecule has 2 heterocycles. The number of hydrogen-bond donors (Lipinski definition) is 1. The number of fused-ring (bicyclic) bond motifs is 1. The Balaban J connectivity index is 2.17. The molecule has 0 aliphatic carbocycles. The zero-order valence-electron chi connectivity index (χ0n) is 11.0. The fourth-order valence-electron chi connectivity index (χ4n) is 2.69. The maximum Gasteiger partial charge on any atom is 0.0480 e. The highest BCUT2D eigenvalue weighted by atomic mass is 14.9. The van der Waals surface area contributed by atoms with E-state index >= 15 is 0 Å². The van der Waals surface area contributed by atoms with Crippen LogP contribution < -0.4 is 5.73 Å². The van der Waals surface area contributed by atoms with Crippen LogP contribution in [0.1, 0.15) is 17.0 Å². The molecule has 3 aromatic rings. The molecule has 0 bridgehead atoms. The highest BCUT2D eigenvalue weighted by molar-refractivity contribution is 5.85. The van der Waals surface area contributed by atoms with Crippen molar-refractivity contribution in [3.05, 3.63) is 66.1 Å². The lowest BCUT2D eigenvalue weighted by Gasteiger charge is -2.14. The molecule has 1 unspecified atom stereocenters. The van der Waals surface area contributed by atoms with E-state index in [-0.39, 0.29) is 5.92 Å². The number of pyridine rings is 1. The van der Waals surface area contributed by atoms with Crippen LogP contribution in [-0.2, 0) is 7.05 Å². The number of rotatable bonds is 3. The number of aryl methyl sites for hydroxylation is 1. The van der Waals surface area contributed by atoms with Gasteiger partial charge >= 0.3 is 0 Å². The van der Waals surface area contributed by atoms with Gasteiger partial charge in [-0.1, -0.05) is 18.2 Å². The monoisotopic (exact) mass is 251 g/mol. The van der Waals surface area contributed by atoms with Gasteiger partial charge in [0.05, 0.1) is 0 Å². The van der Waals surface area contributed by atoms with Crippen molar-refractivity contribution >= 4 is 10.9 Å². The summed E-state index contributed by atoms with van der Waals surface area (Å²) >= 11 is 0. The van der Waals surface area contributed by atoms with Gasteiger partial charge in [0.2, 0.25) is 0 Å². The summed E-state index contributed by atoms with van der Waals surface area (Å²) in [7, 11) is 2.08. The zero-order valence-corrected chi connectivity index (χ0v) is 11.0. The Kier molecular flexibility index (Phi) is 3.05. The normalized spacial score (nSPS) is 12.7. The molecular weight excluding hydrogens is 234 g/mol. The first-order chi connectivity index (χ1) is 9.31. The highest BCUT2D eigenvalue weighted by Crippen LogP contribution is 2.30. The summed E-state index contributed by atoms with van der Waals surface area (Å²) in [5, 5.41) is 1.28. The van der Waals surface area contributed by atoms with Crippen LogP contribution in [0, 0.1) is 0 Å². The molecule has 3 nitrogen and oxygen atoms in total. The first kappa shape index (κ1) is 11.9. The Labute approximate surface area is 112 Å². The standard InChI is InChI=1S/C16H17N3/c1-19-11-15(13-4-2-3-5-16(13)19)14(10-17)12-6-8-18-9-7-12/h2-9,11,14H,10,17H2,1H3. The fourth-order valence-corrected chi connectivity index (χ4v) is 2.69. The molecule has 0 amide bonds. The molecule has 2 N–H and O–H groups in total. The van der Waals surface area contributed by atoms with Gasteiger partial charge in [-0.2, -0.15) is 0 Å². The van der Waals surface area contributed by atoms with Crippen LogP contribution in [0.15, 0.2) is 55.0 Å². The van der Waals surface area contributed by atoms with Crippen LogP contribution in [0.2, 0.25) is 0 Å². The van der Waals surface area contributed by atoms with E-state index in [0.717, 1.165) is 0 Å². The van der Waals surface area contributed by atoms with Gasteiger partial charge < -0.3 is 10.3 Å². The SMILES string of the molecule is Cn1cc(C(CN)c2ccncc2)c2ccccc21. The molecule has 0 spiro atoms. The molecule has 0 saturated heterocycles. The van der Waals surface area contributed by atoms with Crippen molar-refractivity contribution in [3.63, 3.8) is 0 Å². The van der Waals surface area contributed by atoms with Crippen LogP contribution >= 0.6 is 0 Å². The van der Waals surface area contributed by atoms with Crippen LogP contribution in [0.3, 0.4) is 0 Å². The number of nitrogens with two attached hydrogens (primary N) is 1. The molecule has 0 aliphatic heterocycles. The number of aromatic nitrogens is 2. The van der Waals surface area contributed by atoms with Gasteiger partial charge in [-0.15, -0.1) is 0 Å². The van der Waals surface area contributed by atoms with Crippen LogP contribution in [0.4, 0.5) is 0 Å². The van der Waals surface area contributed by atoms with Gasteiger partial charge in [-0.05, 0) is 29.3 Å². The maximum atomic E-state index is 6.01. The Morgan fingerprint density at radius 3 is 2.63 bits per heavy atom. The minimum absolute atomic E-state index is 0.217. The number of para-hydroxylation sites is 1. The van der Waals surface area contributed by atoms with E-state index in [1.807, 2.05) is 24.5 Å². The summed E-state index contributed by atoms with van der Waals surface area (Å²) in [5.74, 6) is 0.217. The van der Waals surface area contributed by atoms with Gasteiger partial charge in [-0.25, -0.2) is 0 Å². The number of nitrogens with zero attached hydrogens (tertiary/aromatic N) is 2. The van der Waals surface area contributed by atoms with Crippen LogP contribution in [-0.4, -0.2) is 16.1 Å². The Morgan fingerprint density at radius 2 is 1.89 bits per heavy atom. The smallest absolute Gasteiger partial charge is 0.0480 e. The second kappa shape index (κ2) is 4.86. The van der Waals surface area contributed by atoms with Crippen molar-refractivity contribution in [2.24, 2.45) is 12.8 Å². The van der Waals surface area contributed by atoms with E-state index < -0.39 is 0 Å². The minimum Gasteiger partial charge on any atom is -0.350 e. The summed E-state index contributed by atoms with van der Waals surface area (Å²) in [6.07, 6.45) is 5.83. The zero-order chi connectivity index (χ0) is 13.2. The van der Waals surface area contributed by atoms with Gasteiger partial charge in [0, 0.05) is 49.0 Å². The Morgan fingerprint density at radius 1 is 1.16 bits per heavy atom.